The van der Waals surface area contributed by atoms with Gasteiger partial charge in [-0.25, -0.2) is 0 Å². The van der Waals surface area contributed by atoms with Gasteiger partial charge in [-0.2, -0.15) is 13.2 Å². The average Bonchev–Trinajstić information content (AvgIpc) is 2.81. The van der Waals surface area contributed by atoms with Gasteiger partial charge in [0.2, 0.25) is 0 Å². The fraction of sp³-hybridized carbons (Fsp3) is 0.333. The van der Waals surface area contributed by atoms with Gasteiger partial charge in [-0.1, -0.05) is 36.4 Å². The first-order chi connectivity index (χ1) is 15.7. The highest BCUT2D eigenvalue weighted by Crippen LogP contribution is 2.36. The third-order valence-corrected chi connectivity index (χ3v) is 6.09. The van der Waals surface area contributed by atoms with Crippen LogP contribution >= 0.6 is 0 Å². The van der Waals surface area contributed by atoms with Gasteiger partial charge in [-0.3, -0.25) is 15.0 Å². The number of alkyl halides is 3. The summed E-state index contributed by atoms with van der Waals surface area (Å²) in [7, 11) is 0. The number of aliphatic hydroxyl groups is 1. The Morgan fingerprint density at radius 3 is 2.33 bits per heavy atom. The fourth-order valence-corrected chi connectivity index (χ4v) is 4.21. The summed E-state index contributed by atoms with van der Waals surface area (Å²) >= 11 is 0. The summed E-state index contributed by atoms with van der Waals surface area (Å²) in [6.45, 7) is 2.76. The van der Waals surface area contributed by atoms with Crippen LogP contribution < -0.4 is 4.90 Å². The molecule has 3 aromatic rings. The molecular weight excluding hydrogens is 435 g/mol. The molecular formula is C24H24F3N3O3. The van der Waals surface area contributed by atoms with Crippen LogP contribution in [0.5, 0.6) is 0 Å². The van der Waals surface area contributed by atoms with Crippen LogP contribution in [0.25, 0.3) is 10.8 Å². The van der Waals surface area contributed by atoms with Crippen molar-refractivity contribution in [2.24, 2.45) is 0 Å². The van der Waals surface area contributed by atoms with Crippen LogP contribution in [0.15, 0.2) is 60.7 Å². The third-order valence-electron chi connectivity index (χ3n) is 6.09. The molecule has 1 aliphatic rings. The normalized spacial score (nSPS) is 16.2. The lowest BCUT2D eigenvalue weighted by molar-refractivity contribution is -0.384. The van der Waals surface area contributed by atoms with Crippen LogP contribution in [-0.2, 0) is 6.18 Å². The van der Waals surface area contributed by atoms with E-state index in [4.69, 9.17) is 0 Å². The first kappa shape index (κ1) is 23.0. The van der Waals surface area contributed by atoms with Crippen LogP contribution in [-0.4, -0.2) is 47.7 Å². The zero-order chi connectivity index (χ0) is 23.6. The van der Waals surface area contributed by atoms with Crippen LogP contribution in [0, 0.1) is 10.1 Å². The van der Waals surface area contributed by atoms with E-state index in [-0.39, 0.29) is 5.69 Å². The van der Waals surface area contributed by atoms with E-state index in [1.807, 2.05) is 42.5 Å². The minimum Gasteiger partial charge on any atom is -0.388 e. The van der Waals surface area contributed by atoms with Gasteiger partial charge in [-0.15, -0.1) is 0 Å². The van der Waals surface area contributed by atoms with E-state index in [0.717, 1.165) is 22.4 Å². The lowest BCUT2D eigenvalue weighted by Gasteiger charge is -2.36. The number of hydrogen-bond donors (Lipinski definition) is 1. The van der Waals surface area contributed by atoms with Crippen LogP contribution in [0.2, 0.25) is 0 Å². The fourth-order valence-electron chi connectivity index (χ4n) is 4.21. The molecule has 1 N–H and O–H groups in total. The summed E-state index contributed by atoms with van der Waals surface area (Å²) in [4.78, 5) is 14.5. The molecule has 4 rings (SSSR count). The number of piperazine rings is 1. The highest BCUT2D eigenvalue weighted by molar-refractivity contribution is 5.83. The van der Waals surface area contributed by atoms with Gasteiger partial charge < -0.3 is 10.0 Å². The Morgan fingerprint density at radius 2 is 1.67 bits per heavy atom. The highest BCUT2D eigenvalue weighted by atomic mass is 19.4. The summed E-state index contributed by atoms with van der Waals surface area (Å²) in [6.07, 6.45) is -4.70. The monoisotopic (exact) mass is 459 g/mol. The standard InChI is InChI=1S/C24H24F3N3O3/c25-24(26,27)20-7-8-21(22(16-20)30(32)33)29-13-11-28(12-14-29)10-9-23(31)19-6-5-17-3-1-2-4-18(17)15-19/h1-8,15-16,23,31H,9-14H2. The van der Waals surface area contributed by atoms with Crippen molar-refractivity contribution in [2.75, 3.05) is 37.6 Å². The highest BCUT2D eigenvalue weighted by Gasteiger charge is 2.34. The second-order valence-corrected chi connectivity index (χ2v) is 8.20. The molecule has 1 saturated heterocycles. The summed E-state index contributed by atoms with van der Waals surface area (Å²) < 4.78 is 38.8. The maximum Gasteiger partial charge on any atom is 0.416 e. The number of benzene rings is 3. The van der Waals surface area contributed by atoms with Gasteiger partial charge in [0.25, 0.3) is 5.69 Å². The number of nitro groups is 1. The van der Waals surface area contributed by atoms with Crippen molar-refractivity contribution in [2.45, 2.75) is 18.7 Å². The van der Waals surface area contributed by atoms with E-state index in [1.165, 1.54) is 6.07 Å². The smallest absolute Gasteiger partial charge is 0.388 e. The molecule has 0 radical (unpaired) electrons. The van der Waals surface area contributed by atoms with E-state index < -0.39 is 28.5 Å². The van der Waals surface area contributed by atoms with Crippen molar-refractivity contribution in [1.29, 1.82) is 0 Å². The Balaban J connectivity index is 1.35. The number of nitro benzene ring substituents is 1. The van der Waals surface area contributed by atoms with Gasteiger partial charge in [0.1, 0.15) is 5.69 Å². The second kappa shape index (κ2) is 9.36. The van der Waals surface area contributed by atoms with Crippen LogP contribution in [0.4, 0.5) is 24.5 Å². The Hall–Kier alpha value is -3.17. The molecule has 0 saturated carbocycles. The van der Waals surface area contributed by atoms with Crippen molar-refractivity contribution in [3.05, 3.63) is 81.9 Å². The van der Waals surface area contributed by atoms with Gasteiger partial charge in [0, 0.05) is 38.8 Å². The molecule has 1 atom stereocenters. The molecule has 0 aliphatic carbocycles. The van der Waals surface area contributed by atoms with E-state index >= 15 is 0 Å². The predicted molar refractivity (Wildman–Crippen MR) is 120 cm³/mol. The van der Waals surface area contributed by atoms with E-state index in [0.29, 0.717) is 45.2 Å². The van der Waals surface area contributed by atoms with Crippen molar-refractivity contribution in [3.63, 3.8) is 0 Å². The topological polar surface area (TPSA) is 69.9 Å². The summed E-state index contributed by atoms with van der Waals surface area (Å²) in [6, 6.07) is 16.5. The largest absolute Gasteiger partial charge is 0.416 e. The number of fused-ring (bicyclic) bond motifs is 1. The second-order valence-electron chi connectivity index (χ2n) is 8.20. The Labute approximate surface area is 189 Å². The minimum atomic E-state index is -4.63. The number of nitrogens with zero attached hydrogens (tertiary/aromatic N) is 3. The van der Waals surface area contributed by atoms with Crippen molar-refractivity contribution in [3.8, 4) is 0 Å². The molecule has 1 unspecified atom stereocenters. The van der Waals surface area contributed by atoms with Gasteiger partial charge in [0.15, 0.2) is 0 Å². The molecule has 174 valence electrons. The zero-order valence-corrected chi connectivity index (χ0v) is 17.8. The summed E-state index contributed by atoms with van der Waals surface area (Å²) in [5.41, 5.74) is -0.513. The Bertz CT molecular complexity index is 1140. The lowest BCUT2D eigenvalue weighted by atomic mass is 10.0. The van der Waals surface area contributed by atoms with Crippen LogP contribution in [0.1, 0.15) is 23.7 Å². The van der Waals surface area contributed by atoms with E-state index in [1.54, 1.807) is 4.90 Å². The van der Waals surface area contributed by atoms with Crippen molar-refractivity contribution >= 4 is 22.1 Å². The molecule has 0 spiro atoms. The SMILES string of the molecule is O=[N+]([O-])c1cc(C(F)(F)F)ccc1N1CCN(CCC(O)c2ccc3ccccc3c2)CC1. The molecule has 9 heteroatoms. The van der Waals surface area contributed by atoms with Gasteiger partial charge >= 0.3 is 6.18 Å². The quantitative estimate of drug-likeness (QED) is 0.414. The Kier molecular flexibility index (Phi) is 6.53. The molecule has 3 aromatic carbocycles. The minimum absolute atomic E-state index is 0.198. The molecule has 6 nitrogen and oxygen atoms in total. The molecule has 0 bridgehead atoms. The number of aliphatic hydroxyl groups excluding tert-OH is 1. The predicted octanol–water partition coefficient (Wildman–Crippen LogP) is 5.01. The van der Waals surface area contributed by atoms with Crippen molar-refractivity contribution in [1.82, 2.24) is 4.90 Å². The van der Waals surface area contributed by atoms with E-state index in [9.17, 15) is 28.4 Å². The Morgan fingerprint density at radius 1 is 0.970 bits per heavy atom. The average molecular weight is 459 g/mol. The number of halogens is 3. The number of hydrogen-bond acceptors (Lipinski definition) is 5. The zero-order valence-electron chi connectivity index (χ0n) is 17.8. The molecule has 1 aliphatic heterocycles. The third kappa shape index (κ3) is 5.26. The number of rotatable bonds is 6. The molecule has 33 heavy (non-hydrogen) atoms. The van der Waals surface area contributed by atoms with Crippen LogP contribution in [0.3, 0.4) is 0 Å². The maximum absolute atomic E-state index is 12.9. The summed E-state index contributed by atoms with van der Waals surface area (Å²) in [5.74, 6) is 0. The van der Waals surface area contributed by atoms with Gasteiger partial charge in [0.05, 0.1) is 16.6 Å². The molecule has 0 aromatic heterocycles. The number of anilines is 1. The molecule has 0 amide bonds. The summed E-state index contributed by atoms with van der Waals surface area (Å²) in [5, 5.41) is 24.2. The van der Waals surface area contributed by atoms with Crippen molar-refractivity contribution < 1.29 is 23.2 Å². The maximum atomic E-state index is 12.9. The van der Waals surface area contributed by atoms with E-state index in [2.05, 4.69) is 4.90 Å². The lowest BCUT2D eigenvalue weighted by Crippen LogP contribution is -2.47. The molecule has 1 heterocycles. The first-order valence-corrected chi connectivity index (χ1v) is 10.7. The molecule has 1 fully saturated rings. The first-order valence-electron chi connectivity index (χ1n) is 10.7. The van der Waals surface area contributed by atoms with Gasteiger partial charge in [-0.05, 0) is 41.0 Å².